The van der Waals surface area contributed by atoms with Gasteiger partial charge in [-0.2, -0.15) is 10.1 Å². The smallest absolute Gasteiger partial charge is 0.428 e. The van der Waals surface area contributed by atoms with E-state index in [1.165, 1.54) is 16.1 Å². The summed E-state index contributed by atoms with van der Waals surface area (Å²) in [5.74, 6) is 0. The molecule has 3 aromatic carbocycles. The second-order valence-corrected chi connectivity index (χ2v) is 6.97. The predicted molar refractivity (Wildman–Crippen MR) is 111 cm³/mol. The number of amides is 1. The van der Waals surface area contributed by atoms with E-state index in [0.717, 1.165) is 24.0 Å². The molecule has 4 heteroatoms. The number of hydrogen-bond donors (Lipinski definition) is 1. The van der Waals surface area contributed by atoms with Crippen molar-refractivity contribution in [2.24, 2.45) is 5.10 Å². The first-order valence-electron chi connectivity index (χ1n) is 9.51. The number of carbonyl (C=O) groups is 1. The van der Waals surface area contributed by atoms with Gasteiger partial charge in [-0.1, -0.05) is 84.9 Å². The van der Waals surface area contributed by atoms with Crippen molar-refractivity contribution in [1.29, 1.82) is 0 Å². The molecule has 0 aromatic heterocycles. The quantitative estimate of drug-likeness (QED) is 0.520. The highest BCUT2D eigenvalue weighted by molar-refractivity contribution is 6.13. The Morgan fingerprint density at radius 1 is 0.821 bits per heavy atom. The Morgan fingerprint density at radius 3 is 1.93 bits per heavy atom. The average Bonchev–Trinajstić information content (AvgIpc) is 2.75. The third-order valence-electron chi connectivity index (χ3n) is 5.16. The second kappa shape index (κ2) is 8.09. The minimum Gasteiger partial charge on any atom is -0.464 e. The maximum absolute atomic E-state index is 12.1. The van der Waals surface area contributed by atoms with Crippen molar-refractivity contribution in [3.8, 4) is 0 Å². The van der Waals surface area contributed by atoms with E-state index >= 15 is 0 Å². The van der Waals surface area contributed by atoms with E-state index in [0.29, 0.717) is 12.1 Å². The largest absolute Gasteiger partial charge is 0.464 e. The summed E-state index contributed by atoms with van der Waals surface area (Å²) < 4.78 is 0. The van der Waals surface area contributed by atoms with Crippen molar-refractivity contribution in [1.82, 2.24) is 5.01 Å². The van der Waals surface area contributed by atoms with Crippen LogP contribution in [0.1, 0.15) is 28.7 Å². The van der Waals surface area contributed by atoms with Gasteiger partial charge >= 0.3 is 6.09 Å². The molecule has 0 spiro atoms. The summed E-state index contributed by atoms with van der Waals surface area (Å²) in [7, 11) is 0. The fourth-order valence-corrected chi connectivity index (χ4v) is 3.75. The van der Waals surface area contributed by atoms with Crippen LogP contribution in [0.4, 0.5) is 4.79 Å². The first-order valence-corrected chi connectivity index (χ1v) is 9.51. The fraction of sp³-hybridized carbons (Fsp3) is 0.167. The lowest BCUT2D eigenvalue weighted by molar-refractivity contribution is 0.121. The lowest BCUT2D eigenvalue weighted by Crippen LogP contribution is -2.40. The summed E-state index contributed by atoms with van der Waals surface area (Å²) in [6.45, 7) is 0. The van der Waals surface area contributed by atoms with Gasteiger partial charge in [-0.25, -0.2) is 4.79 Å². The molecule has 1 atom stereocenters. The van der Waals surface area contributed by atoms with Crippen molar-refractivity contribution in [2.45, 2.75) is 25.3 Å². The zero-order chi connectivity index (χ0) is 19.3. The standard InChI is InChI=1S/C24H22N2O2/c27-24(28)26(22-16-15-18-9-7-8-14-21(18)17-22)25-23(19-10-3-1-4-11-19)20-12-5-2-6-13-20/h1-14,22H,15-17H2,(H,27,28). The number of fused-ring (bicyclic) bond motifs is 1. The van der Waals surface area contributed by atoms with Gasteiger partial charge in [0.15, 0.2) is 0 Å². The lowest BCUT2D eigenvalue weighted by atomic mass is 9.88. The van der Waals surface area contributed by atoms with Gasteiger partial charge in [0, 0.05) is 11.1 Å². The molecule has 1 amide bonds. The Kier molecular flexibility index (Phi) is 5.20. The maximum Gasteiger partial charge on any atom is 0.428 e. The van der Waals surface area contributed by atoms with Crippen LogP contribution in [-0.4, -0.2) is 28.0 Å². The van der Waals surface area contributed by atoms with Crippen molar-refractivity contribution < 1.29 is 9.90 Å². The highest BCUT2D eigenvalue weighted by Crippen LogP contribution is 2.25. The predicted octanol–water partition coefficient (Wildman–Crippen LogP) is 4.98. The van der Waals surface area contributed by atoms with Gasteiger partial charge in [0.05, 0.1) is 11.8 Å². The van der Waals surface area contributed by atoms with Crippen molar-refractivity contribution in [3.63, 3.8) is 0 Å². The Balaban J connectivity index is 1.73. The molecule has 0 heterocycles. The Bertz CT molecular complexity index is 942. The summed E-state index contributed by atoms with van der Waals surface area (Å²) >= 11 is 0. The zero-order valence-corrected chi connectivity index (χ0v) is 15.5. The van der Waals surface area contributed by atoms with Crippen LogP contribution in [-0.2, 0) is 12.8 Å². The maximum atomic E-state index is 12.1. The minimum atomic E-state index is -1.02. The fourth-order valence-electron chi connectivity index (χ4n) is 3.75. The molecule has 1 aliphatic rings. The molecule has 1 unspecified atom stereocenters. The van der Waals surface area contributed by atoms with E-state index in [-0.39, 0.29) is 6.04 Å². The molecule has 0 saturated heterocycles. The lowest BCUT2D eigenvalue weighted by Gasteiger charge is -2.30. The van der Waals surface area contributed by atoms with E-state index in [4.69, 9.17) is 0 Å². The highest BCUT2D eigenvalue weighted by Gasteiger charge is 2.28. The van der Waals surface area contributed by atoms with Gasteiger partial charge < -0.3 is 5.11 Å². The first-order chi connectivity index (χ1) is 13.7. The average molecular weight is 370 g/mol. The summed E-state index contributed by atoms with van der Waals surface area (Å²) in [4.78, 5) is 12.1. The molecule has 1 aliphatic carbocycles. The topological polar surface area (TPSA) is 52.9 Å². The molecule has 3 aromatic rings. The van der Waals surface area contributed by atoms with E-state index in [9.17, 15) is 9.90 Å². The van der Waals surface area contributed by atoms with Crippen molar-refractivity contribution in [2.75, 3.05) is 0 Å². The van der Waals surface area contributed by atoms with Gasteiger partial charge in [-0.3, -0.25) is 0 Å². The molecule has 28 heavy (non-hydrogen) atoms. The number of nitrogens with zero attached hydrogens (tertiary/aromatic N) is 2. The molecular formula is C24H22N2O2. The van der Waals surface area contributed by atoms with E-state index in [2.05, 4.69) is 17.2 Å². The second-order valence-electron chi connectivity index (χ2n) is 6.97. The Hall–Kier alpha value is -3.40. The van der Waals surface area contributed by atoms with Crippen LogP contribution in [0.25, 0.3) is 0 Å². The number of hydrazone groups is 1. The van der Waals surface area contributed by atoms with E-state index in [1.54, 1.807) is 0 Å². The molecular weight excluding hydrogens is 348 g/mol. The van der Waals surface area contributed by atoms with Crippen LogP contribution in [0, 0.1) is 0 Å². The molecule has 0 bridgehead atoms. The summed E-state index contributed by atoms with van der Waals surface area (Å²) in [5.41, 5.74) is 4.98. The van der Waals surface area contributed by atoms with Crippen LogP contribution in [0.15, 0.2) is 90.0 Å². The molecule has 0 fully saturated rings. The number of rotatable bonds is 4. The van der Waals surface area contributed by atoms with E-state index < -0.39 is 6.09 Å². The normalized spacial score (nSPS) is 15.4. The van der Waals surface area contributed by atoms with Crippen LogP contribution < -0.4 is 0 Å². The molecule has 1 N–H and O–H groups in total. The Morgan fingerprint density at radius 2 is 1.36 bits per heavy atom. The summed E-state index contributed by atoms with van der Waals surface area (Å²) in [6, 6.07) is 27.6. The molecule has 0 aliphatic heterocycles. The minimum absolute atomic E-state index is 0.171. The molecule has 4 nitrogen and oxygen atoms in total. The molecule has 0 saturated carbocycles. The number of carboxylic acid groups (broad SMARTS) is 1. The molecule has 4 rings (SSSR count). The molecule has 140 valence electrons. The monoisotopic (exact) mass is 370 g/mol. The first kappa shape index (κ1) is 18.0. The molecule has 0 radical (unpaired) electrons. The van der Waals surface area contributed by atoms with Gasteiger partial charge in [-0.15, -0.1) is 0 Å². The third kappa shape index (κ3) is 3.81. The van der Waals surface area contributed by atoms with Crippen LogP contribution in [0.5, 0.6) is 0 Å². The van der Waals surface area contributed by atoms with Gasteiger partial charge in [0.1, 0.15) is 0 Å². The SMILES string of the molecule is O=C(O)N(N=C(c1ccccc1)c1ccccc1)C1CCc2ccccc2C1. The van der Waals surface area contributed by atoms with Gasteiger partial charge in [0.25, 0.3) is 0 Å². The number of aryl methyl sites for hydroxylation is 1. The van der Waals surface area contributed by atoms with Crippen molar-refractivity contribution >= 4 is 11.8 Å². The summed E-state index contributed by atoms with van der Waals surface area (Å²) in [6.07, 6.45) is 1.30. The Labute approximate surface area is 164 Å². The van der Waals surface area contributed by atoms with Crippen LogP contribution in [0.2, 0.25) is 0 Å². The van der Waals surface area contributed by atoms with Crippen LogP contribution >= 0.6 is 0 Å². The third-order valence-corrected chi connectivity index (χ3v) is 5.16. The van der Waals surface area contributed by atoms with Crippen molar-refractivity contribution in [3.05, 3.63) is 107 Å². The number of benzene rings is 3. The van der Waals surface area contributed by atoms with E-state index in [1.807, 2.05) is 72.8 Å². The van der Waals surface area contributed by atoms with Gasteiger partial charge in [0.2, 0.25) is 0 Å². The van der Waals surface area contributed by atoms with Gasteiger partial charge in [-0.05, 0) is 30.4 Å². The van der Waals surface area contributed by atoms with Crippen LogP contribution in [0.3, 0.4) is 0 Å². The number of hydrogen-bond acceptors (Lipinski definition) is 2. The highest BCUT2D eigenvalue weighted by atomic mass is 16.4. The zero-order valence-electron chi connectivity index (χ0n) is 15.5. The summed E-state index contributed by atoms with van der Waals surface area (Å²) in [5, 5.41) is 15.9.